The van der Waals surface area contributed by atoms with E-state index in [-0.39, 0.29) is 12.1 Å². The zero-order valence-corrected chi connectivity index (χ0v) is 8.25. The van der Waals surface area contributed by atoms with Gasteiger partial charge in [0.05, 0.1) is 17.4 Å². The lowest BCUT2D eigenvalue weighted by Crippen LogP contribution is -2.17. The molecule has 1 amide bonds. The zero-order chi connectivity index (χ0) is 11.7. The molecule has 0 radical (unpaired) electrons. The van der Waals surface area contributed by atoms with E-state index in [4.69, 9.17) is 10.8 Å². The lowest BCUT2D eigenvalue weighted by atomic mass is 10.2. The van der Waals surface area contributed by atoms with Crippen LogP contribution in [-0.4, -0.2) is 26.5 Å². The fourth-order valence-corrected chi connectivity index (χ4v) is 1.55. The summed E-state index contributed by atoms with van der Waals surface area (Å²) in [7, 11) is 0. The highest BCUT2D eigenvalue weighted by atomic mass is 16.4. The summed E-state index contributed by atoms with van der Waals surface area (Å²) >= 11 is 0. The SMILES string of the molecule is NC(=O)Cn1cnc2c(C(=O)O)cccc21. The first-order chi connectivity index (χ1) is 7.59. The highest BCUT2D eigenvalue weighted by Crippen LogP contribution is 2.17. The maximum Gasteiger partial charge on any atom is 0.337 e. The van der Waals surface area contributed by atoms with Crippen molar-refractivity contribution in [1.82, 2.24) is 9.55 Å². The summed E-state index contributed by atoms with van der Waals surface area (Å²) in [6.45, 7) is -0.0143. The molecule has 82 valence electrons. The second-order valence-corrected chi connectivity index (χ2v) is 3.32. The van der Waals surface area contributed by atoms with Gasteiger partial charge in [0.15, 0.2) is 0 Å². The number of imidazole rings is 1. The van der Waals surface area contributed by atoms with Crippen LogP contribution in [0.25, 0.3) is 11.0 Å². The predicted molar refractivity (Wildman–Crippen MR) is 55.9 cm³/mol. The number of carbonyl (C=O) groups is 2. The van der Waals surface area contributed by atoms with E-state index in [1.807, 2.05) is 0 Å². The van der Waals surface area contributed by atoms with Crippen LogP contribution in [0.5, 0.6) is 0 Å². The van der Waals surface area contributed by atoms with Gasteiger partial charge in [-0.05, 0) is 12.1 Å². The van der Waals surface area contributed by atoms with Gasteiger partial charge in [0.25, 0.3) is 0 Å². The molecule has 0 fully saturated rings. The number of carbonyl (C=O) groups excluding carboxylic acids is 1. The predicted octanol–water partition coefficient (Wildman–Crippen LogP) is 0.220. The number of amides is 1. The molecule has 1 aromatic heterocycles. The smallest absolute Gasteiger partial charge is 0.337 e. The van der Waals surface area contributed by atoms with Gasteiger partial charge in [-0.1, -0.05) is 6.07 Å². The van der Waals surface area contributed by atoms with Gasteiger partial charge in [-0.3, -0.25) is 4.79 Å². The molecule has 3 N–H and O–H groups in total. The summed E-state index contributed by atoms with van der Waals surface area (Å²) in [6.07, 6.45) is 1.40. The van der Waals surface area contributed by atoms with Crippen molar-refractivity contribution in [2.45, 2.75) is 6.54 Å². The summed E-state index contributed by atoms with van der Waals surface area (Å²) in [5.74, 6) is -1.55. The van der Waals surface area contributed by atoms with Crippen LogP contribution in [-0.2, 0) is 11.3 Å². The fraction of sp³-hybridized carbons (Fsp3) is 0.100. The van der Waals surface area contributed by atoms with Crippen LogP contribution >= 0.6 is 0 Å². The van der Waals surface area contributed by atoms with Crippen LogP contribution in [0.2, 0.25) is 0 Å². The standard InChI is InChI=1S/C10H9N3O3/c11-8(14)4-13-5-12-9-6(10(15)16)2-1-3-7(9)13/h1-3,5H,4H2,(H2,11,14)(H,15,16). The number of primary amides is 1. The third-order valence-electron chi connectivity index (χ3n) is 2.21. The molecule has 2 aromatic rings. The van der Waals surface area contributed by atoms with Gasteiger partial charge >= 0.3 is 5.97 Å². The van der Waals surface area contributed by atoms with Crippen LogP contribution in [0, 0.1) is 0 Å². The minimum Gasteiger partial charge on any atom is -0.478 e. The molecular formula is C10H9N3O3. The number of hydrogen-bond donors (Lipinski definition) is 2. The fourth-order valence-electron chi connectivity index (χ4n) is 1.55. The Morgan fingerprint density at radius 2 is 2.19 bits per heavy atom. The molecule has 1 heterocycles. The lowest BCUT2D eigenvalue weighted by Gasteiger charge is -2.00. The normalized spacial score (nSPS) is 10.5. The van der Waals surface area contributed by atoms with Gasteiger partial charge in [-0.15, -0.1) is 0 Å². The molecule has 0 aliphatic rings. The minimum atomic E-state index is -1.05. The van der Waals surface area contributed by atoms with Crippen LogP contribution < -0.4 is 5.73 Å². The summed E-state index contributed by atoms with van der Waals surface area (Å²) in [5, 5.41) is 8.93. The molecule has 0 aliphatic heterocycles. The third kappa shape index (κ3) is 1.60. The van der Waals surface area contributed by atoms with E-state index >= 15 is 0 Å². The molecular weight excluding hydrogens is 210 g/mol. The van der Waals surface area contributed by atoms with E-state index in [1.165, 1.54) is 17.0 Å². The van der Waals surface area contributed by atoms with Crippen molar-refractivity contribution in [2.24, 2.45) is 5.73 Å². The van der Waals surface area contributed by atoms with Gasteiger partial charge in [0.1, 0.15) is 12.1 Å². The molecule has 0 spiro atoms. The molecule has 1 aromatic carbocycles. The Labute approximate surface area is 90.3 Å². The quantitative estimate of drug-likeness (QED) is 0.771. The Balaban J connectivity index is 2.61. The average Bonchev–Trinajstić information content (AvgIpc) is 2.60. The van der Waals surface area contributed by atoms with E-state index in [0.717, 1.165) is 0 Å². The summed E-state index contributed by atoms with van der Waals surface area (Å²) in [5.41, 5.74) is 6.12. The molecule has 6 heteroatoms. The topological polar surface area (TPSA) is 98.2 Å². The van der Waals surface area contributed by atoms with Crippen LogP contribution in [0.15, 0.2) is 24.5 Å². The number of rotatable bonds is 3. The Kier molecular flexibility index (Phi) is 2.32. The van der Waals surface area contributed by atoms with Crippen molar-refractivity contribution in [2.75, 3.05) is 0 Å². The molecule has 0 atom stereocenters. The number of aromatic carboxylic acids is 1. The number of carboxylic acid groups (broad SMARTS) is 1. The van der Waals surface area contributed by atoms with Crippen LogP contribution in [0.3, 0.4) is 0 Å². The summed E-state index contributed by atoms with van der Waals surface area (Å²) in [6, 6.07) is 4.76. The van der Waals surface area contributed by atoms with Crippen LogP contribution in [0.4, 0.5) is 0 Å². The molecule has 0 bridgehead atoms. The number of benzene rings is 1. The van der Waals surface area contributed by atoms with E-state index < -0.39 is 11.9 Å². The van der Waals surface area contributed by atoms with Gasteiger partial charge in [-0.2, -0.15) is 0 Å². The monoisotopic (exact) mass is 219 g/mol. The first-order valence-electron chi connectivity index (χ1n) is 4.55. The summed E-state index contributed by atoms with van der Waals surface area (Å²) < 4.78 is 1.52. The Hall–Kier alpha value is -2.37. The van der Waals surface area contributed by atoms with Crippen LogP contribution in [0.1, 0.15) is 10.4 Å². The number of aromatic nitrogens is 2. The Morgan fingerprint density at radius 3 is 2.81 bits per heavy atom. The first-order valence-corrected chi connectivity index (χ1v) is 4.55. The highest BCUT2D eigenvalue weighted by Gasteiger charge is 2.12. The summed E-state index contributed by atoms with van der Waals surface area (Å²) in [4.78, 5) is 25.7. The first kappa shape index (κ1) is 10.2. The molecule has 0 saturated heterocycles. The van der Waals surface area contributed by atoms with Crippen molar-refractivity contribution in [1.29, 1.82) is 0 Å². The van der Waals surface area contributed by atoms with Gasteiger partial charge in [0, 0.05) is 0 Å². The number of fused-ring (bicyclic) bond motifs is 1. The number of carboxylic acids is 1. The molecule has 16 heavy (non-hydrogen) atoms. The van der Waals surface area contributed by atoms with Crippen molar-refractivity contribution >= 4 is 22.9 Å². The van der Waals surface area contributed by atoms with E-state index in [2.05, 4.69) is 4.98 Å². The number of hydrogen-bond acceptors (Lipinski definition) is 3. The maximum atomic E-state index is 10.9. The lowest BCUT2D eigenvalue weighted by molar-refractivity contribution is -0.118. The molecule has 0 saturated carbocycles. The Bertz CT molecular complexity index is 574. The molecule has 0 aliphatic carbocycles. The zero-order valence-electron chi connectivity index (χ0n) is 8.25. The highest BCUT2D eigenvalue weighted by molar-refractivity contribution is 6.01. The maximum absolute atomic E-state index is 10.9. The number of para-hydroxylation sites is 1. The van der Waals surface area contributed by atoms with E-state index in [1.54, 1.807) is 12.1 Å². The molecule has 2 rings (SSSR count). The second kappa shape index (κ2) is 3.65. The number of nitrogens with two attached hydrogens (primary N) is 1. The van der Waals surface area contributed by atoms with Crippen molar-refractivity contribution in [3.8, 4) is 0 Å². The van der Waals surface area contributed by atoms with Gasteiger partial charge in [0.2, 0.25) is 5.91 Å². The average molecular weight is 219 g/mol. The minimum absolute atomic E-state index is 0.0143. The van der Waals surface area contributed by atoms with E-state index in [0.29, 0.717) is 11.0 Å². The van der Waals surface area contributed by atoms with E-state index in [9.17, 15) is 9.59 Å². The molecule has 6 nitrogen and oxygen atoms in total. The number of nitrogens with zero attached hydrogens (tertiary/aromatic N) is 2. The largest absolute Gasteiger partial charge is 0.478 e. The Morgan fingerprint density at radius 1 is 1.44 bits per heavy atom. The van der Waals surface area contributed by atoms with Gasteiger partial charge in [-0.25, -0.2) is 9.78 Å². The van der Waals surface area contributed by atoms with Crippen molar-refractivity contribution in [3.05, 3.63) is 30.1 Å². The van der Waals surface area contributed by atoms with Crippen molar-refractivity contribution in [3.63, 3.8) is 0 Å². The van der Waals surface area contributed by atoms with Crippen molar-refractivity contribution < 1.29 is 14.7 Å². The molecule has 0 unspecified atom stereocenters. The van der Waals surface area contributed by atoms with Gasteiger partial charge < -0.3 is 15.4 Å². The second-order valence-electron chi connectivity index (χ2n) is 3.32. The third-order valence-corrected chi connectivity index (χ3v) is 2.21.